The number of carbonyl (C=O) groups excluding carboxylic acids is 1. The molecule has 18 heavy (non-hydrogen) atoms. The van der Waals surface area contributed by atoms with Crippen molar-refractivity contribution < 1.29 is 4.79 Å². The number of hydrogen-bond donors (Lipinski definition) is 1. The van der Waals surface area contributed by atoms with Crippen molar-refractivity contribution in [3.63, 3.8) is 0 Å². The molecule has 6 heteroatoms. The average molecular weight is 269 g/mol. The SMILES string of the molecule is C[C@H]1CCCN(C(=O)c2ncncc2Cl)[C@@H]1CN. The molecule has 2 atom stereocenters. The lowest BCUT2D eigenvalue weighted by molar-refractivity contribution is 0.0526. The van der Waals surface area contributed by atoms with Gasteiger partial charge < -0.3 is 10.6 Å². The largest absolute Gasteiger partial charge is 0.333 e. The number of piperidine rings is 1. The van der Waals surface area contributed by atoms with Crippen LogP contribution in [-0.2, 0) is 0 Å². The Kier molecular flexibility index (Phi) is 4.14. The molecule has 0 saturated carbocycles. The molecule has 0 aliphatic carbocycles. The van der Waals surface area contributed by atoms with Crippen LogP contribution in [0.5, 0.6) is 0 Å². The third-order valence-electron chi connectivity index (χ3n) is 3.49. The van der Waals surface area contributed by atoms with Crippen LogP contribution in [0, 0.1) is 5.92 Å². The standard InChI is InChI=1S/C12H17ClN4O/c1-8-3-2-4-17(10(8)5-14)12(18)11-9(13)6-15-7-16-11/h6-8,10H,2-5,14H2,1H3/t8-,10+/m0/s1. The van der Waals surface area contributed by atoms with Crippen LogP contribution in [0.1, 0.15) is 30.3 Å². The van der Waals surface area contributed by atoms with Crippen molar-refractivity contribution in [3.05, 3.63) is 23.2 Å². The second-order valence-corrected chi connectivity index (χ2v) is 5.05. The molecule has 0 radical (unpaired) electrons. The number of likely N-dealkylation sites (tertiary alicyclic amines) is 1. The minimum atomic E-state index is -0.149. The van der Waals surface area contributed by atoms with Crippen LogP contribution in [0.2, 0.25) is 5.02 Å². The zero-order valence-corrected chi connectivity index (χ0v) is 11.1. The highest BCUT2D eigenvalue weighted by Gasteiger charge is 2.32. The Morgan fingerprint density at radius 3 is 3.11 bits per heavy atom. The van der Waals surface area contributed by atoms with Gasteiger partial charge >= 0.3 is 0 Å². The molecule has 0 spiro atoms. The number of aromatic nitrogens is 2. The molecule has 5 nitrogen and oxygen atoms in total. The van der Waals surface area contributed by atoms with E-state index in [0.29, 0.717) is 19.0 Å². The van der Waals surface area contributed by atoms with E-state index in [1.54, 1.807) is 4.90 Å². The van der Waals surface area contributed by atoms with Gasteiger partial charge in [-0.15, -0.1) is 0 Å². The first-order chi connectivity index (χ1) is 8.65. The van der Waals surface area contributed by atoms with Gasteiger partial charge in [-0.1, -0.05) is 18.5 Å². The average Bonchev–Trinajstić information content (AvgIpc) is 2.38. The smallest absolute Gasteiger partial charge is 0.274 e. The molecule has 0 unspecified atom stereocenters. The van der Waals surface area contributed by atoms with Crippen molar-refractivity contribution >= 4 is 17.5 Å². The van der Waals surface area contributed by atoms with Gasteiger partial charge in [-0.2, -0.15) is 0 Å². The second kappa shape index (κ2) is 5.63. The number of halogens is 1. The summed E-state index contributed by atoms with van der Waals surface area (Å²) in [5, 5.41) is 0.288. The van der Waals surface area contributed by atoms with Gasteiger partial charge in [-0.25, -0.2) is 9.97 Å². The monoisotopic (exact) mass is 268 g/mol. The van der Waals surface area contributed by atoms with E-state index in [1.807, 2.05) is 0 Å². The highest BCUT2D eigenvalue weighted by molar-refractivity contribution is 6.33. The topological polar surface area (TPSA) is 72.1 Å². The van der Waals surface area contributed by atoms with Crippen molar-refractivity contribution in [2.45, 2.75) is 25.8 Å². The zero-order chi connectivity index (χ0) is 13.1. The molecular formula is C12H17ClN4O. The molecule has 98 valence electrons. The number of rotatable bonds is 2. The third kappa shape index (κ3) is 2.47. The van der Waals surface area contributed by atoms with E-state index in [4.69, 9.17) is 17.3 Å². The number of hydrogen-bond acceptors (Lipinski definition) is 4. The Hall–Kier alpha value is -1.20. The van der Waals surface area contributed by atoms with Gasteiger partial charge in [-0.3, -0.25) is 4.79 Å². The van der Waals surface area contributed by atoms with Crippen LogP contribution >= 0.6 is 11.6 Å². The van der Waals surface area contributed by atoms with Gasteiger partial charge in [0.2, 0.25) is 0 Å². The van der Waals surface area contributed by atoms with Crippen molar-refractivity contribution in [2.24, 2.45) is 11.7 Å². The Labute approximate surface area is 111 Å². The molecule has 2 heterocycles. The molecule has 1 aromatic heterocycles. The molecule has 1 aromatic rings. The summed E-state index contributed by atoms with van der Waals surface area (Å²) in [6.45, 7) is 3.31. The van der Waals surface area contributed by atoms with E-state index in [9.17, 15) is 4.79 Å². The Balaban J connectivity index is 2.25. The van der Waals surface area contributed by atoms with Crippen molar-refractivity contribution in [2.75, 3.05) is 13.1 Å². The van der Waals surface area contributed by atoms with Gasteiger partial charge in [0, 0.05) is 25.3 Å². The molecule has 1 aliphatic rings. The summed E-state index contributed by atoms with van der Waals surface area (Å²) in [5.74, 6) is 0.262. The summed E-state index contributed by atoms with van der Waals surface area (Å²) in [6.07, 6.45) is 4.87. The van der Waals surface area contributed by atoms with Gasteiger partial charge in [0.15, 0.2) is 0 Å². The summed E-state index contributed by atoms with van der Waals surface area (Å²) in [5.41, 5.74) is 6.04. The van der Waals surface area contributed by atoms with Crippen LogP contribution in [0.25, 0.3) is 0 Å². The summed E-state index contributed by atoms with van der Waals surface area (Å²) in [6, 6.07) is 0.0669. The highest BCUT2D eigenvalue weighted by atomic mass is 35.5. The van der Waals surface area contributed by atoms with Gasteiger partial charge in [-0.05, 0) is 18.8 Å². The fourth-order valence-corrected chi connectivity index (χ4v) is 2.65. The molecular weight excluding hydrogens is 252 g/mol. The first-order valence-electron chi connectivity index (χ1n) is 6.11. The Morgan fingerprint density at radius 2 is 2.44 bits per heavy atom. The maximum absolute atomic E-state index is 12.4. The van der Waals surface area contributed by atoms with E-state index in [-0.39, 0.29) is 22.7 Å². The molecule has 1 saturated heterocycles. The molecule has 0 bridgehead atoms. The summed E-state index contributed by atoms with van der Waals surface area (Å²) in [7, 11) is 0. The van der Waals surface area contributed by atoms with Gasteiger partial charge in [0.05, 0.1) is 5.02 Å². The molecule has 1 amide bonds. The van der Waals surface area contributed by atoms with E-state index in [2.05, 4.69) is 16.9 Å². The molecule has 2 rings (SSSR count). The summed E-state index contributed by atoms with van der Waals surface area (Å²) < 4.78 is 0. The maximum atomic E-state index is 12.4. The Bertz CT molecular complexity index is 440. The lowest BCUT2D eigenvalue weighted by Gasteiger charge is -2.39. The summed E-state index contributed by atoms with van der Waals surface area (Å²) >= 11 is 5.96. The predicted molar refractivity (Wildman–Crippen MR) is 69.3 cm³/mol. The van der Waals surface area contributed by atoms with Gasteiger partial charge in [0.25, 0.3) is 5.91 Å². The lowest BCUT2D eigenvalue weighted by Crippen LogP contribution is -2.51. The first-order valence-corrected chi connectivity index (χ1v) is 6.49. The fourth-order valence-electron chi connectivity index (χ4n) is 2.47. The van der Waals surface area contributed by atoms with E-state index in [0.717, 1.165) is 12.8 Å². The lowest BCUT2D eigenvalue weighted by atomic mass is 9.90. The van der Waals surface area contributed by atoms with Crippen molar-refractivity contribution in [1.82, 2.24) is 14.9 Å². The molecule has 2 N–H and O–H groups in total. The number of amides is 1. The molecule has 0 aromatic carbocycles. The van der Waals surface area contributed by atoms with Crippen LogP contribution < -0.4 is 5.73 Å². The minimum Gasteiger partial charge on any atom is -0.333 e. The van der Waals surface area contributed by atoms with Crippen LogP contribution in [0.15, 0.2) is 12.5 Å². The van der Waals surface area contributed by atoms with Crippen LogP contribution in [0.4, 0.5) is 0 Å². The van der Waals surface area contributed by atoms with Crippen LogP contribution in [-0.4, -0.2) is 39.9 Å². The first kappa shape index (κ1) is 13.2. The second-order valence-electron chi connectivity index (χ2n) is 4.64. The van der Waals surface area contributed by atoms with Crippen LogP contribution in [0.3, 0.4) is 0 Å². The molecule has 1 fully saturated rings. The zero-order valence-electron chi connectivity index (χ0n) is 10.3. The summed E-state index contributed by atoms with van der Waals surface area (Å²) in [4.78, 5) is 22.0. The van der Waals surface area contributed by atoms with Crippen molar-refractivity contribution in [3.8, 4) is 0 Å². The normalized spacial score (nSPS) is 24.1. The van der Waals surface area contributed by atoms with E-state index in [1.165, 1.54) is 12.5 Å². The maximum Gasteiger partial charge on any atom is 0.274 e. The van der Waals surface area contributed by atoms with Crippen molar-refractivity contribution in [1.29, 1.82) is 0 Å². The molecule has 1 aliphatic heterocycles. The van der Waals surface area contributed by atoms with Gasteiger partial charge in [0.1, 0.15) is 12.0 Å². The van der Waals surface area contributed by atoms with E-state index < -0.39 is 0 Å². The number of carbonyl (C=O) groups is 1. The number of nitrogens with two attached hydrogens (primary N) is 1. The quantitative estimate of drug-likeness (QED) is 0.878. The number of nitrogens with zero attached hydrogens (tertiary/aromatic N) is 3. The fraction of sp³-hybridized carbons (Fsp3) is 0.583. The predicted octanol–water partition coefficient (Wildman–Crippen LogP) is 1.33. The Morgan fingerprint density at radius 1 is 1.67 bits per heavy atom. The van der Waals surface area contributed by atoms with E-state index >= 15 is 0 Å². The third-order valence-corrected chi connectivity index (χ3v) is 3.76. The minimum absolute atomic E-state index is 0.0669. The highest BCUT2D eigenvalue weighted by Crippen LogP contribution is 2.25.